The number of fused-ring (bicyclic) bond motifs is 6. The first-order valence-corrected chi connectivity index (χ1v) is 18.8. The van der Waals surface area contributed by atoms with E-state index >= 15 is 0 Å². The van der Waals surface area contributed by atoms with Crippen LogP contribution in [-0.4, -0.2) is 6.71 Å². The van der Waals surface area contributed by atoms with Crippen molar-refractivity contribution >= 4 is 65.9 Å². The van der Waals surface area contributed by atoms with Crippen LogP contribution in [0.1, 0.15) is 0 Å². The molecule has 51 heavy (non-hydrogen) atoms. The minimum Gasteiger partial charge on any atom is -0.458 e. The summed E-state index contributed by atoms with van der Waals surface area (Å²) in [4.78, 5) is 2.54. The van der Waals surface area contributed by atoms with Crippen LogP contribution in [0.3, 0.4) is 0 Å². The SMILES string of the molecule is c1ccc(-c2cc3cc(-c4cc(-c5ccc6sc(-c7ccccc7)cc6c5)c5c6c4Oc4ccccc4B6c4ccccc4O5)ccc3s2)cc1. The fourth-order valence-corrected chi connectivity index (χ4v) is 9.91. The van der Waals surface area contributed by atoms with Crippen molar-refractivity contribution in [1.29, 1.82) is 0 Å². The first-order chi connectivity index (χ1) is 25.2. The molecule has 9 aromatic rings. The molecule has 2 nitrogen and oxygen atoms in total. The molecule has 11 rings (SSSR count). The Morgan fingerprint density at radius 3 is 1.33 bits per heavy atom. The predicted octanol–water partition coefficient (Wildman–Crippen LogP) is 11.5. The Morgan fingerprint density at radius 2 is 0.843 bits per heavy atom. The molecule has 238 valence electrons. The summed E-state index contributed by atoms with van der Waals surface area (Å²) in [5, 5.41) is 2.45. The number of hydrogen-bond acceptors (Lipinski definition) is 4. The Morgan fingerprint density at radius 1 is 0.392 bits per heavy atom. The normalized spacial score (nSPS) is 12.6. The quantitative estimate of drug-likeness (QED) is 0.172. The third kappa shape index (κ3) is 4.62. The van der Waals surface area contributed by atoms with Gasteiger partial charge < -0.3 is 9.47 Å². The standard InChI is InChI=1S/C46H27BO2S2/c1-3-11-28(12-4-1)42-25-32-23-30(19-21-40(32)50-42)34-27-35(31-20-22-41-33(24-31)26-43(51-41)29-13-5-2-6-14-29)46-44-45(34)48-38-17-9-7-15-36(38)47(44)37-16-8-10-18-39(37)49-46/h1-27H. The van der Waals surface area contributed by atoms with E-state index < -0.39 is 0 Å². The van der Waals surface area contributed by atoms with Crippen molar-refractivity contribution in [3.8, 4) is 66.1 Å². The van der Waals surface area contributed by atoms with Crippen LogP contribution in [0.4, 0.5) is 0 Å². The summed E-state index contributed by atoms with van der Waals surface area (Å²) in [6.45, 7) is -0.0206. The lowest BCUT2D eigenvalue weighted by Gasteiger charge is -2.35. The molecule has 2 aliphatic rings. The number of ether oxygens (including phenoxy) is 2. The minimum absolute atomic E-state index is 0.0206. The zero-order chi connectivity index (χ0) is 33.5. The summed E-state index contributed by atoms with van der Waals surface area (Å²) in [7, 11) is 0. The molecule has 0 fully saturated rings. The molecule has 0 spiro atoms. The van der Waals surface area contributed by atoms with Crippen molar-refractivity contribution in [2.75, 3.05) is 0 Å². The van der Waals surface area contributed by atoms with Crippen LogP contribution >= 0.6 is 22.7 Å². The molecule has 7 aromatic carbocycles. The maximum Gasteiger partial charge on any atom is 0.260 e. The molecule has 5 heteroatoms. The third-order valence-electron chi connectivity index (χ3n) is 10.2. The molecule has 0 saturated carbocycles. The summed E-state index contributed by atoms with van der Waals surface area (Å²) in [6.07, 6.45) is 0. The Kier molecular flexibility index (Phi) is 6.42. The first kappa shape index (κ1) is 28.9. The molecule has 2 aromatic heterocycles. The van der Waals surface area contributed by atoms with Gasteiger partial charge in [0.15, 0.2) is 0 Å². The average molecular weight is 687 g/mol. The molecule has 0 unspecified atom stereocenters. The van der Waals surface area contributed by atoms with Gasteiger partial charge in [0.2, 0.25) is 0 Å². The van der Waals surface area contributed by atoms with Gasteiger partial charge in [0, 0.05) is 35.7 Å². The Balaban J connectivity index is 1.15. The summed E-state index contributed by atoms with van der Waals surface area (Å²) in [6, 6.07) is 58.8. The number of hydrogen-bond donors (Lipinski definition) is 0. The second-order valence-corrected chi connectivity index (χ2v) is 15.4. The lowest BCUT2D eigenvalue weighted by atomic mass is 9.34. The number of benzene rings is 7. The largest absolute Gasteiger partial charge is 0.458 e. The van der Waals surface area contributed by atoms with Gasteiger partial charge in [-0.25, -0.2) is 0 Å². The second kappa shape index (κ2) is 11.3. The summed E-state index contributed by atoms with van der Waals surface area (Å²) in [5.41, 5.74) is 10.3. The van der Waals surface area contributed by atoms with Crippen LogP contribution in [-0.2, 0) is 0 Å². The molecule has 0 radical (unpaired) electrons. The number of para-hydroxylation sites is 2. The molecular formula is C46H27BO2S2. The third-order valence-corrected chi connectivity index (χ3v) is 12.5. The monoisotopic (exact) mass is 686 g/mol. The van der Waals surface area contributed by atoms with Crippen molar-refractivity contribution in [3.05, 3.63) is 164 Å². The fraction of sp³-hybridized carbons (Fsp3) is 0. The van der Waals surface area contributed by atoms with E-state index in [0.717, 1.165) is 61.6 Å². The zero-order valence-corrected chi connectivity index (χ0v) is 28.9. The van der Waals surface area contributed by atoms with E-state index in [-0.39, 0.29) is 6.71 Å². The van der Waals surface area contributed by atoms with Crippen LogP contribution in [0.15, 0.2) is 164 Å². The van der Waals surface area contributed by atoms with E-state index in [1.54, 1.807) is 0 Å². The highest BCUT2D eigenvalue weighted by atomic mass is 32.1. The van der Waals surface area contributed by atoms with E-state index in [2.05, 4.69) is 164 Å². The molecule has 0 saturated heterocycles. The van der Waals surface area contributed by atoms with Crippen LogP contribution in [0.2, 0.25) is 0 Å². The van der Waals surface area contributed by atoms with Gasteiger partial charge in [0.05, 0.1) is 0 Å². The van der Waals surface area contributed by atoms with Crippen LogP contribution in [0, 0.1) is 0 Å². The smallest absolute Gasteiger partial charge is 0.260 e. The Bertz CT molecular complexity index is 2630. The van der Waals surface area contributed by atoms with Gasteiger partial charge in [-0.1, -0.05) is 109 Å². The molecular weight excluding hydrogens is 659 g/mol. The highest BCUT2D eigenvalue weighted by Gasteiger charge is 2.42. The number of rotatable bonds is 4. The van der Waals surface area contributed by atoms with Gasteiger partial charge in [-0.2, -0.15) is 0 Å². The zero-order valence-electron chi connectivity index (χ0n) is 27.3. The van der Waals surface area contributed by atoms with Gasteiger partial charge in [0.25, 0.3) is 6.71 Å². The first-order valence-electron chi connectivity index (χ1n) is 17.2. The lowest BCUT2D eigenvalue weighted by molar-refractivity contribution is 0.467. The van der Waals surface area contributed by atoms with Crippen molar-refractivity contribution in [3.63, 3.8) is 0 Å². The maximum absolute atomic E-state index is 6.95. The molecule has 0 N–H and O–H groups in total. The van der Waals surface area contributed by atoms with E-state index in [1.807, 2.05) is 22.7 Å². The Hall–Kier alpha value is -5.88. The van der Waals surface area contributed by atoms with E-state index in [4.69, 9.17) is 9.47 Å². The van der Waals surface area contributed by atoms with Crippen molar-refractivity contribution in [1.82, 2.24) is 0 Å². The summed E-state index contributed by atoms with van der Waals surface area (Å²) >= 11 is 3.67. The second-order valence-electron chi connectivity index (χ2n) is 13.2. The molecule has 0 atom stereocenters. The summed E-state index contributed by atoms with van der Waals surface area (Å²) in [5.74, 6) is 3.52. The van der Waals surface area contributed by atoms with E-state index in [0.29, 0.717) is 0 Å². The van der Waals surface area contributed by atoms with Gasteiger partial charge in [-0.05, 0) is 98.5 Å². The van der Waals surface area contributed by atoms with Crippen LogP contribution in [0.5, 0.6) is 23.0 Å². The van der Waals surface area contributed by atoms with Crippen molar-refractivity contribution in [2.45, 2.75) is 0 Å². The summed E-state index contributed by atoms with van der Waals surface area (Å²) < 4.78 is 16.4. The molecule has 2 aliphatic heterocycles. The maximum atomic E-state index is 6.95. The van der Waals surface area contributed by atoms with Gasteiger partial charge in [0.1, 0.15) is 23.0 Å². The molecule has 4 heterocycles. The highest BCUT2D eigenvalue weighted by molar-refractivity contribution is 7.22. The molecule has 0 aliphatic carbocycles. The molecule has 0 bridgehead atoms. The van der Waals surface area contributed by atoms with Crippen molar-refractivity contribution in [2.24, 2.45) is 0 Å². The average Bonchev–Trinajstić information content (AvgIpc) is 3.83. The van der Waals surface area contributed by atoms with Gasteiger partial charge in [-0.3, -0.25) is 0 Å². The topological polar surface area (TPSA) is 18.5 Å². The van der Waals surface area contributed by atoms with Gasteiger partial charge >= 0.3 is 0 Å². The highest BCUT2D eigenvalue weighted by Crippen LogP contribution is 2.48. The van der Waals surface area contributed by atoms with E-state index in [9.17, 15) is 0 Å². The van der Waals surface area contributed by atoms with Crippen molar-refractivity contribution < 1.29 is 9.47 Å². The molecule has 0 amide bonds. The minimum atomic E-state index is -0.0206. The fourth-order valence-electron chi connectivity index (χ4n) is 7.81. The number of thiophene rings is 2. The Labute approximate surface area is 303 Å². The lowest BCUT2D eigenvalue weighted by Crippen LogP contribution is -2.57. The predicted molar refractivity (Wildman–Crippen MR) is 217 cm³/mol. The van der Waals surface area contributed by atoms with Crippen LogP contribution < -0.4 is 25.9 Å². The van der Waals surface area contributed by atoms with Gasteiger partial charge in [-0.15, -0.1) is 22.7 Å². The van der Waals surface area contributed by atoms with Crippen LogP contribution in [0.25, 0.3) is 63.3 Å². The van der Waals surface area contributed by atoms with E-state index in [1.165, 1.54) is 41.1 Å².